The third-order valence-corrected chi connectivity index (χ3v) is 8.07. The van der Waals surface area contributed by atoms with E-state index >= 15 is 0 Å². The molecule has 1 atom stereocenters. The van der Waals surface area contributed by atoms with Crippen LogP contribution in [0.2, 0.25) is 0 Å². The van der Waals surface area contributed by atoms with Crippen molar-refractivity contribution < 1.29 is 13.5 Å². The van der Waals surface area contributed by atoms with Crippen LogP contribution in [0.4, 0.5) is 0 Å². The maximum atomic E-state index is 13.0. The zero-order chi connectivity index (χ0) is 15.0. The lowest BCUT2D eigenvalue weighted by Gasteiger charge is -2.28. The Morgan fingerprint density at radius 1 is 1.29 bits per heavy atom. The SMILES string of the molecule is Cc1sc(CO)cc1S(=O)(=O)N1CCCC1C1CCCC1. The molecule has 1 saturated heterocycles. The second kappa shape index (κ2) is 5.99. The van der Waals surface area contributed by atoms with E-state index in [0.717, 1.165) is 22.6 Å². The van der Waals surface area contributed by atoms with Gasteiger partial charge in [0.2, 0.25) is 10.0 Å². The van der Waals surface area contributed by atoms with Crippen LogP contribution in [0.25, 0.3) is 0 Å². The zero-order valence-electron chi connectivity index (χ0n) is 12.4. The van der Waals surface area contributed by atoms with Gasteiger partial charge in [0.25, 0.3) is 0 Å². The summed E-state index contributed by atoms with van der Waals surface area (Å²) < 4.78 is 27.8. The molecule has 3 rings (SSSR count). The van der Waals surface area contributed by atoms with Gasteiger partial charge < -0.3 is 5.11 Å². The Bertz CT molecular complexity index is 602. The molecule has 6 heteroatoms. The van der Waals surface area contributed by atoms with Crippen molar-refractivity contribution >= 4 is 21.4 Å². The molecule has 0 aromatic carbocycles. The van der Waals surface area contributed by atoms with Crippen LogP contribution >= 0.6 is 11.3 Å². The molecule has 1 unspecified atom stereocenters. The van der Waals surface area contributed by atoms with E-state index in [4.69, 9.17) is 0 Å². The number of nitrogens with zero attached hydrogens (tertiary/aromatic N) is 1. The summed E-state index contributed by atoms with van der Waals surface area (Å²) in [5.74, 6) is 0.540. The molecule has 2 heterocycles. The van der Waals surface area contributed by atoms with Crippen LogP contribution in [0.3, 0.4) is 0 Å². The van der Waals surface area contributed by atoms with Crippen molar-refractivity contribution in [2.45, 2.75) is 63.0 Å². The Labute approximate surface area is 130 Å². The molecule has 0 spiro atoms. The average Bonchev–Trinajstić information content (AvgIpc) is 3.18. The molecule has 0 amide bonds. The molecular weight excluding hydrogens is 306 g/mol. The monoisotopic (exact) mass is 329 g/mol. The molecule has 2 fully saturated rings. The Morgan fingerprint density at radius 2 is 2.00 bits per heavy atom. The van der Waals surface area contributed by atoms with E-state index < -0.39 is 10.0 Å². The zero-order valence-corrected chi connectivity index (χ0v) is 14.0. The molecule has 1 saturated carbocycles. The Morgan fingerprint density at radius 3 is 2.62 bits per heavy atom. The number of rotatable bonds is 4. The Balaban J connectivity index is 1.90. The fourth-order valence-corrected chi connectivity index (χ4v) is 7.08. The van der Waals surface area contributed by atoms with Gasteiger partial charge in [-0.15, -0.1) is 11.3 Å². The average molecular weight is 329 g/mol. The third kappa shape index (κ3) is 2.79. The van der Waals surface area contributed by atoms with Gasteiger partial charge in [-0.3, -0.25) is 0 Å². The lowest BCUT2D eigenvalue weighted by Crippen LogP contribution is -2.39. The highest BCUT2D eigenvalue weighted by Gasteiger charge is 2.41. The number of hydrogen-bond acceptors (Lipinski definition) is 4. The van der Waals surface area contributed by atoms with E-state index in [0.29, 0.717) is 17.4 Å². The van der Waals surface area contributed by atoms with Gasteiger partial charge in [-0.1, -0.05) is 12.8 Å². The molecule has 21 heavy (non-hydrogen) atoms. The van der Waals surface area contributed by atoms with E-state index in [1.54, 1.807) is 10.4 Å². The first-order valence-electron chi connectivity index (χ1n) is 7.76. The highest BCUT2D eigenvalue weighted by atomic mass is 32.2. The van der Waals surface area contributed by atoms with Crippen LogP contribution in [-0.4, -0.2) is 30.4 Å². The number of aliphatic hydroxyl groups is 1. The maximum absolute atomic E-state index is 13.0. The summed E-state index contributed by atoms with van der Waals surface area (Å²) in [6.07, 6.45) is 6.78. The van der Waals surface area contributed by atoms with Crippen LogP contribution in [0.1, 0.15) is 48.3 Å². The van der Waals surface area contributed by atoms with Gasteiger partial charge in [0.05, 0.1) is 11.5 Å². The molecule has 1 aliphatic carbocycles. The van der Waals surface area contributed by atoms with Crippen molar-refractivity contribution in [1.29, 1.82) is 0 Å². The Kier molecular flexibility index (Phi) is 4.41. The molecule has 1 aromatic rings. The molecular formula is C15H23NO3S2. The summed E-state index contributed by atoms with van der Waals surface area (Å²) in [7, 11) is -3.41. The quantitative estimate of drug-likeness (QED) is 0.924. The van der Waals surface area contributed by atoms with E-state index in [9.17, 15) is 13.5 Å². The molecule has 2 aliphatic rings. The predicted octanol–water partition coefficient (Wildman–Crippen LogP) is 2.89. The normalized spacial score (nSPS) is 25.0. The minimum atomic E-state index is -3.41. The molecule has 1 N–H and O–H groups in total. The van der Waals surface area contributed by atoms with Crippen LogP contribution in [0.5, 0.6) is 0 Å². The van der Waals surface area contributed by atoms with Gasteiger partial charge in [-0.05, 0) is 44.6 Å². The van der Waals surface area contributed by atoms with Crippen LogP contribution in [0, 0.1) is 12.8 Å². The fraction of sp³-hybridized carbons (Fsp3) is 0.733. The lowest BCUT2D eigenvalue weighted by molar-refractivity contribution is 0.284. The van der Waals surface area contributed by atoms with E-state index in [1.165, 1.54) is 37.0 Å². The molecule has 0 bridgehead atoms. The minimum absolute atomic E-state index is 0.0902. The van der Waals surface area contributed by atoms with Crippen LogP contribution in [-0.2, 0) is 16.6 Å². The van der Waals surface area contributed by atoms with Crippen LogP contribution < -0.4 is 0 Å². The number of hydrogen-bond donors (Lipinski definition) is 1. The third-order valence-electron chi connectivity index (χ3n) is 4.86. The standard InChI is InChI=1S/C15H23NO3S2/c1-11-15(9-13(10-17)20-11)21(18,19)16-8-4-7-14(16)12-5-2-3-6-12/h9,12,14,17H,2-8,10H2,1H3. The highest BCUT2D eigenvalue weighted by molar-refractivity contribution is 7.89. The summed E-state index contributed by atoms with van der Waals surface area (Å²) in [6, 6.07) is 1.84. The van der Waals surface area contributed by atoms with Gasteiger partial charge in [0.15, 0.2) is 0 Å². The molecule has 118 valence electrons. The van der Waals surface area contributed by atoms with Crippen molar-refractivity contribution in [3.8, 4) is 0 Å². The summed E-state index contributed by atoms with van der Waals surface area (Å²) >= 11 is 1.38. The van der Waals surface area contributed by atoms with Gasteiger partial charge in [0, 0.05) is 22.3 Å². The van der Waals surface area contributed by atoms with Crippen molar-refractivity contribution in [2.24, 2.45) is 5.92 Å². The Hall–Kier alpha value is -0.430. The van der Waals surface area contributed by atoms with Gasteiger partial charge in [-0.25, -0.2) is 8.42 Å². The lowest BCUT2D eigenvalue weighted by atomic mass is 9.97. The summed E-state index contributed by atoms with van der Waals surface area (Å²) in [5.41, 5.74) is 0. The van der Waals surface area contributed by atoms with Crippen molar-refractivity contribution in [3.05, 3.63) is 15.8 Å². The first-order chi connectivity index (χ1) is 10.0. The van der Waals surface area contributed by atoms with Gasteiger partial charge >= 0.3 is 0 Å². The summed E-state index contributed by atoms with van der Waals surface area (Å²) in [6.45, 7) is 2.39. The maximum Gasteiger partial charge on any atom is 0.244 e. The topological polar surface area (TPSA) is 57.6 Å². The van der Waals surface area contributed by atoms with Gasteiger partial charge in [0.1, 0.15) is 0 Å². The molecule has 1 aromatic heterocycles. The minimum Gasteiger partial charge on any atom is -0.391 e. The smallest absolute Gasteiger partial charge is 0.244 e. The number of thiophene rings is 1. The van der Waals surface area contributed by atoms with Gasteiger partial charge in [-0.2, -0.15) is 4.31 Å². The first-order valence-corrected chi connectivity index (χ1v) is 10.0. The molecule has 1 aliphatic heterocycles. The van der Waals surface area contributed by atoms with E-state index in [2.05, 4.69) is 0 Å². The van der Waals surface area contributed by atoms with Crippen molar-refractivity contribution in [3.63, 3.8) is 0 Å². The van der Waals surface area contributed by atoms with E-state index in [1.807, 2.05) is 6.92 Å². The predicted molar refractivity (Wildman–Crippen MR) is 83.9 cm³/mol. The summed E-state index contributed by atoms with van der Waals surface area (Å²) in [5, 5.41) is 9.23. The number of sulfonamides is 1. The number of aryl methyl sites for hydroxylation is 1. The fourth-order valence-electron chi connectivity index (χ4n) is 3.86. The highest BCUT2D eigenvalue weighted by Crippen LogP contribution is 2.39. The van der Waals surface area contributed by atoms with Crippen molar-refractivity contribution in [1.82, 2.24) is 4.31 Å². The van der Waals surface area contributed by atoms with Crippen molar-refractivity contribution in [2.75, 3.05) is 6.54 Å². The second-order valence-corrected chi connectivity index (χ2v) is 9.36. The van der Waals surface area contributed by atoms with Crippen LogP contribution in [0.15, 0.2) is 11.0 Å². The second-order valence-electron chi connectivity index (χ2n) is 6.16. The largest absolute Gasteiger partial charge is 0.391 e. The molecule has 4 nitrogen and oxygen atoms in total. The molecule has 0 radical (unpaired) electrons. The van der Waals surface area contributed by atoms with E-state index in [-0.39, 0.29) is 12.6 Å². The number of aliphatic hydroxyl groups excluding tert-OH is 1. The summed E-state index contributed by atoms with van der Waals surface area (Å²) in [4.78, 5) is 1.92. The first kappa shape index (κ1) is 15.5.